The van der Waals surface area contributed by atoms with E-state index in [1.807, 2.05) is 11.6 Å². The van der Waals surface area contributed by atoms with Crippen LogP contribution in [0.2, 0.25) is 0 Å². The van der Waals surface area contributed by atoms with Crippen molar-refractivity contribution >= 4 is 0 Å². The van der Waals surface area contributed by atoms with E-state index in [0.717, 1.165) is 44.8 Å². The number of hydrogen-bond acceptors (Lipinski definition) is 5. The highest BCUT2D eigenvalue weighted by Crippen LogP contribution is 2.03. The molecule has 0 aromatic carbocycles. The first-order valence-corrected chi connectivity index (χ1v) is 6.22. The fourth-order valence-electron chi connectivity index (χ4n) is 1.65. The zero-order chi connectivity index (χ0) is 12.5. The normalized spacial score (nSPS) is 12.9. The van der Waals surface area contributed by atoms with Gasteiger partial charge in [0.05, 0.1) is 0 Å². The van der Waals surface area contributed by atoms with Gasteiger partial charge >= 0.3 is 0 Å². The van der Waals surface area contributed by atoms with Gasteiger partial charge in [-0.2, -0.15) is 5.10 Å². The highest BCUT2D eigenvalue weighted by molar-refractivity contribution is 4.89. The molecule has 17 heavy (non-hydrogen) atoms. The van der Waals surface area contributed by atoms with Crippen molar-refractivity contribution in [2.45, 2.75) is 45.7 Å². The van der Waals surface area contributed by atoms with Crippen molar-refractivity contribution in [3.05, 3.63) is 12.2 Å². The van der Waals surface area contributed by atoms with E-state index in [0.29, 0.717) is 0 Å². The van der Waals surface area contributed by atoms with Crippen LogP contribution in [0, 0.1) is 0 Å². The smallest absolute Gasteiger partial charge is 0.138 e. The molecule has 6 nitrogen and oxygen atoms in total. The average Bonchev–Trinajstić information content (AvgIpc) is 2.80. The molecule has 98 valence electrons. The molecule has 0 spiro atoms. The lowest BCUT2D eigenvalue weighted by molar-refractivity contribution is 0.124. The largest absolute Gasteiger partial charge is 0.381 e. The molecule has 6 heteroatoms. The van der Waals surface area contributed by atoms with Crippen LogP contribution >= 0.6 is 0 Å². The van der Waals surface area contributed by atoms with Gasteiger partial charge in [-0.3, -0.25) is 16.0 Å². The minimum absolute atomic E-state index is 0.182. The topological polar surface area (TPSA) is 78.0 Å². The number of hydrogen-bond donors (Lipinski definition) is 2. The molecule has 0 amide bonds. The summed E-state index contributed by atoms with van der Waals surface area (Å²) >= 11 is 0. The Kier molecular flexibility index (Phi) is 6.76. The van der Waals surface area contributed by atoms with Gasteiger partial charge in [-0.1, -0.05) is 6.92 Å². The van der Waals surface area contributed by atoms with Gasteiger partial charge in [0.2, 0.25) is 0 Å². The van der Waals surface area contributed by atoms with Gasteiger partial charge in [0.1, 0.15) is 12.2 Å². The molecular weight excluding hydrogens is 218 g/mol. The average molecular weight is 241 g/mol. The van der Waals surface area contributed by atoms with E-state index < -0.39 is 0 Å². The van der Waals surface area contributed by atoms with Gasteiger partial charge < -0.3 is 4.74 Å². The Morgan fingerprint density at radius 2 is 2.29 bits per heavy atom. The van der Waals surface area contributed by atoms with Crippen molar-refractivity contribution in [1.29, 1.82) is 0 Å². The molecule has 0 fully saturated rings. The molecule has 0 bridgehead atoms. The second-order valence-corrected chi connectivity index (χ2v) is 3.96. The summed E-state index contributed by atoms with van der Waals surface area (Å²) in [6, 6.07) is 0.182. The molecular formula is C11H23N5O. The Morgan fingerprint density at radius 1 is 1.47 bits per heavy atom. The molecule has 1 aromatic rings. The summed E-state index contributed by atoms with van der Waals surface area (Å²) in [5, 5.41) is 4.14. The minimum atomic E-state index is 0.182. The fourth-order valence-corrected chi connectivity index (χ4v) is 1.65. The highest BCUT2D eigenvalue weighted by atomic mass is 16.5. The lowest BCUT2D eigenvalue weighted by Gasteiger charge is -2.15. The zero-order valence-electron chi connectivity index (χ0n) is 10.7. The summed E-state index contributed by atoms with van der Waals surface area (Å²) in [5.74, 6) is 6.50. The third-order valence-corrected chi connectivity index (χ3v) is 2.62. The number of ether oxygens (including phenoxy) is 1. The molecule has 1 unspecified atom stereocenters. The summed E-state index contributed by atoms with van der Waals surface area (Å²) in [6.45, 7) is 6.51. The standard InChI is InChI=1S/C11H23N5O/c1-3-6-17-7-5-10(15-12)8-11-13-9-14-16(11)4-2/h9-10,15H,3-8,12H2,1-2H3. The quantitative estimate of drug-likeness (QED) is 0.374. The summed E-state index contributed by atoms with van der Waals surface area (Å²) < 4.78 is 7.34. The van der Waals surface area contributed by atoms with Crippen molar-refractivity contribution in [3.8, 4) is 0 Å². The van der Waals surface area contributed by atoms with Crippen LogP contribution in [-0.2, 0) is 17.7 Å². The predicted molar refractivity (Wildman–Crippen MR) is 66.2 cm³/mol. The first-order valence-electron chi connectivity index (χ1n) is 6.22. The molecule has 1 aromatic heterocycles. The summed E-state index contributed by atoms with van der Waals surface area (Å²) in [4.78, 5) is 4.23. The van der Waals surface area contributed by atoms with E-state index >= 15 is 0 Å². The number of aryl methyl sites for hydroxylation is 1. The molecule has 3 N–H and O–H groups in total. The first kappa shape index (κ1) is 14.1. The third kappa shape index (κ3) is 4.80. The number of nitrogens with one attached hydrogen (secondary N) is 1. The van der Waals surface area contributed by atoms with Crippen molar-refractivity contribution in [2.75, 3.05) is 13.2 Å². The number of nitrogens with zero attached hydrogens (tertiary/aromatic N) is 3. The van der Waals surface area contributed by atoms with Crippen LogP contribution < -0.4 is 11.3 Å². The summed E-state index contributed by atoms with van der Waals surface area (Å²) in [7, 11) is 0. The van der Waals surface area contributed by atoms with Crippen molar-refractivity contribution in [1.82, 2.24) is 20.2 Å². The molecule has 0 saturated heterocycles. The van der Waals surface area contributed by atoms with E-state index in [1.54, 1.807) is 6.33 Å². The Balaban J connectivity index is 2.35. The Morgan fingerprint density at radius 3 is 2.94 bits per heavy atom. The predicted octanol–water partition coefficient (Wildman–Crippen LogP) is 0.489. The second-order valence-electron chi connectivity index (χ2n) is 3.96. The zero-order valence-corrected chi connectivity index (χ0v) is 10.7. The lowest BCUT2D eigenvalue weighted by Crippen LogP contribution is -2.38. The van der Waals surface area contributed by atoms with Crippen molar-refractivity contribution < 1.29 is 4.74 Å². The van der Waals surface area contributed by atoms with Crippen LogP contribution in [0.15, 0.2) is 6.33 Å². The number of aromatic nitrogens is 3. The first-order chi connectivity index (χ1) is 8.31. The highest BCUT2D eigenvalue weighted by Gasteiger charge is 2.11. The van der Waals surface area contributed by atoms with Crippen LogP contribution in [0.1, 0.15) is 32.5 Å². The molecule has 1 rings (SSSR count). The number of rotatable bonds is 9. The Hall–Kier alpha value is -0.980. The van der Waals surface area contributed by atoms with Crippen LogP contribution in [0.25, 0.3) is 0 Å². The Bertz CT molecular complexity index is 302. The van der Waals surface area contributed by atoms with Crippen molar-refractivity contribution in [3.63, 3.8) is 0 Å². The fraction of sp³-hybridized carbons (Fsp3) is 0.818. The maximum Gasteiger partial charge on any atom is 0.138 e. The van der Waals surface area contributed by atoms with Gasteiger partial charge in [-0.15, -0.1) is 0 Å². The van der Waals surface area contributed by atoms with E-state index in [4.69, 9.17) is 10.6 Å². The molecule has 0 aliphatic heterocycles. The van der Waals surface area contributed by atoms with E-state index in [1.165, 1.54) is 0 Å². The molecule has 0 radical (unpaired) electrons. The molecule has 1 atom stereocenters. The van der Waals surface area contributed by atoms with Gasteiger partial charge in [0, 0.05) is 32.2 Å². The maximum atomic E-state index is 5.53. The van der Waals surface area contributed by atoms with Crippen LogP contribution in [0.5, 0.6) is 0 Å². The van der Waals surface area contributed by atoms with Gasteiger partial charge in [-0.25, -0.2) is 4.98 Å². The van der Waals surface area contributed by atoms with Crippen molar-refractivity contribution in [2.24, 2.45) is 5.84 Å². The van der Waals surface area contributed by atoms with Crippen LogP contribution in [0.3, 0.4) is 0 Å². The second kappa shape index (κ2) is 8.16. The van der Waals surface area contributed by atoms with Gasteiger partial charge in [0.25, 0.3) is 0 Å². The Labute approximate surface area is 103 Å². The summed E-state index contributed by atoms with van der Waals surface area (Å²) in [6.07, 6.45) is 4.29. The maximum absolute atomic E-state index is 5.53. The van der Waals surface area contributed by atoms with Crippen LogP contribution in [0.4, 0.5) is 0 Å². The molecule has 1 heterocycles. The van der Waals surface area contributed by atoms with Crippen LogP contribution in [-0.4, -0.2) is 34.0 Å². The monoisotopic (exact) mass is 241 g/mol. The number of hydrazine groups is 1. The number of nitrogens with two attached hydrogens (primary N) is 1. The SMILES string of the molecule is CCCOCCC(Cc1ncnn1CC)NN. The molecule has 0 saturated carbocycles. The van der Waals surface area contributed by atoms with Gasteiger partial charge in [0.15, 0.2) is 0 Å². The molecule has 0 aliphatic rings. The lowest BCUT2D eigenvalue weighted by atomic mass is 10.1. The third-order valence-electron chi connectivity index (χ3n) is 2.62. The van der Waals surface area contributed by atoms with E-state index in [9.17, 15) is 0 Å². The minimum Gasteiger partial charge on any atom is -0.381 e. The summed E-state index contributed by atoms with van der Waals surface area (Å²) in [5.41, 5.74) is 2.81. The van der Waals surface area contributed by atoms with E-state index in [-0.39, 0.29) is 6.04 Å². The van der Waals surface area contributed by atoms with E-state index in [2.05, 4.69) is 22.4 Å². The molecule has 0 aliphatic carbocycles. The van der Waals surface area contributed by atoms with Gasteiger partial charge in [-0.05, 0) is 19.8 Å².